The number of anilines is 2. The highest BCUT2D eigenvalue weighted by Gasteiger charge is 2.25. The molecule has 2 aromatic heterocycles. The average Bonchev–Trinajstić information content (AvgIpc) is 2.77. The molecule has 162 valence electrons. The van der Waals surface area contributed by atoms with Crippen molar-refractivity contribution in [3.05, 3.63) is 42.4 Å². The van der Waals surface area contributed by atoms with Crippen molar-refractivity contribution >= 4 is 28.2 Å². The highest BCUT2D eigenvalue weighted by molar-refractivity contribution is 6.14. The van der Waals surface area contributed by atoms with Gasteiger partial charge in [-0.05, 0) is 32.0 Å². The van der Waals surface area contributed by atoms with Gasteiger partial charge >= 0.3 is 6.01 Å². The number of piperazine rings is 1. The number of aromatic nitrogens is 3. The van der Waals surface area contributed by atoms with E-state index in [9.17, 15) is 4.79 Å². The van der Waals surface area contributed by atoms with Crippen LogP contribution in [-0.2, 0) is 0 Å². The van der Waals surface area contributed by atoms with Gasteiger partial charge in [0.05, 0.1) is 37.2 Å². The zero-order valence-electron chi connectivity index (χ0n) is 18.0. The second-order valence-corrected chi connectivity index (χ2v) is 7.66. The molecular formula is C22H26N6O3. The summed E-state index contributed by atoms with van der Waals surface area (Å²) in [6.07, 6.45) is 4.86. The molecule has 0 bridgehead atoms. The zero-order chi connectivity index (χ0) is 22.0. The van der Waals surface area contributed by atoms with Gasteiger partial charge in [-0.25, -0.2) is 4.98 Å². The predicted molar refractivity (Wildman–Crippen MR) is 119 cm³/mol. The fraction of sp³-hybridized carbons (Fsp3) is 0.364. The molecule has 2 unspecified atom stereocenters. The monoisotopic (exact) mass is 422 g/mol. The molecule has 0 aliphatic carbocycles. The number of hydrogen-bond acceptors (Lipinski definition) is 8. The van der Waals surface area contributed by atoms with E-state index in [1.807, 2.05) is 6.07 Å². The number of amides is 1. The second-order valence-electron chi connectivity index (χ2n) is 7.66. The fourth-order valence-corrected chi connectivity index (χ4v) is 4.01. The van der Waals surface area contributed by atoms with Crippen LogP contribution in [0.2, 0.25) is 0 Å². The van der Waals surface area contributed by atoms with Gasteiger partial charge in [-0.1, -0.05) is 0 Å². The quantitative estimate of drug-likeness (QED) is 0.647. The molecule has 2 atom stereocenters. The minimum Gasteiger partial charge on any atom is -0.493 e. The minimum atomic E-state index is -0.302. The molecule has 31 heavy (non-hydrogen) atoms. The van der Waals surface area contributed by atoms with Crippen molar-refractivity contribution in [3.8, 4) is 11.8 Å². The molecule has 0 spiro atoms. The number of fused-ring (bicyclic) bond motifs is 1. The van der Waals surface area contributed by atoms with E-state index in [2.05, 4.69) is 44.3 Å². The summed E-state index contributed by atoms with van der Waals surface area (Å²) >= 11 is 0. The van der Waals surface area contributed by atoms with Crippen molar-refractivity contribution in [2.45, 2.75) is 25.9 Å². The van der Waals surface area contributed by atoms with E-state index in [0.29, 0.717) is 34.6 Å². The number of hydrogen-bond donors (Lipinski definition) is 2. The number of methoxy groups -OCH3 is 2. The van der Waals surface area contributed by atoms with E-state index in [1.165, 1.54) is 14.2 Å². The highest BCUT2D eigenvalue weighted by Crippen LogP contribution is 2.31. The lowest BCUT2D eigenvalue weighted by Gasteiger charge is -2.38. The molecule has 9 nitrogen and oxygen atoms in total. The molecule has 1 aliphatic rings. The molecule has 3 aromatic rings. The van der Waals surface area contributed by atoms with Gasteiger partial charge in [-0.15, -0.1) is 0 Å². The number of ether oxygens (including phenoxy) is 2. The standard InChI is InChI=1S/C22H26N6O3/c1-13-11-28(12-14(2)25-13)18-6-5-15(20-16(18)9-24-22(27-20)31-4)21(29)26-17-7-8-23-10-19(17)30-3/h5-10,13-14,25H,11-12H2,1-4H3,(H,23,26,29). The van der Waals surface area contributed by atoms with Crippen LogP contribution < -0.4 is 25.0 Å². The number of rotatable bonds is 5. The van der Waals surface area contributed by atoms with Crippen molar-refractivity contribution in [1.82, 2.24) is 20.3 Å². The lowest BCUT2D eigenvalue weighted by molar-refractivity contribution is 0.102. The van der Waals surface area contributed by atoms with Crippen LogP contribution in [0.4, 0.5) is 11.4 Å². The maximum absolute atomic E-state index is 13.2. The maximum Gasteiger partial charge on any atom is 0.316 e. The third-order valence-electron chi connectivity index (χ3n) is 5.28. The number of benzene rings is 1. The summed E-state index contributed by atoms with van der Waals surface area (Å²) in [6, 6.07) is 6.35. The van der Waals surface area contributed by atoms with Gasteiger partial charge in [-0.2, -0.15) is 4.98 Å². The Morgan fingerprint density at radius 2 is 1.90 bits per heavy atom. The lowest BCUT2D eigenvalue weighted by atomic mass is 10.0. The van der Waals surface area contributed by atoms with Gasteiger partial charge in [0.1, 0.15) is 0 Å². The van der Waals surface area contributed by atoms with Crippen molar-refractivity contribution < 1.29 is 14.3 Å². The molecule has 3 heterocycles. The average molecular weight is 422 g/mol. The molecule has 1 aromatic carbocycles. The molecule has 9 heteroatoms. The van der Waals surface area contributed by atoms with Crippen molar-refractivity contribution in [3.63, 3.8) is 0 Å². The molecule has 0 radical (unpaired) electrons. The van der Waals surface area contributed by atoms with E-state index in [1.54, 1.807) is 30.7 Å². The van der Waals surface area contributed by atoms with Crippen LogP contribution in [0.1, 0.15) is 24.2 Å². The van der Waals surface area contributed by atoms with Crippen LogP contribution in [0.5, 0.6) is 11.8 Å². The van der Waals surface area contributed by atoms with Gasteiger partial charge in [-0.3, -0.25) is 9.78 Å². The largest absolute Gasteiger partial charge is 0.493 e. The molecule has 1 aliphatic heterocycles. The molecule has 1 amide bonds. The summed E-state index contributed by atoms with van der Waals surface area (Å²) in [4.78, 5) is 28.3. The van der Waals surface area contributed by atoms with Crippen LogP contribution in [-0.4, -0.2) is 60.3 Å². The summed E-state index contributed by atoms with van der Waals surface area (Å²) < 4.78 is 10.5. The van der Waals surface area contributed by atoms with E-state index in [4.69, 9.17) is 9.47 Å². The Balaban J connectivity index is 1.76. The first-order valence-corrected chi connectivity index (χ1v) is 10.1. The third kappa shape index (κ3) is 4.22. The fourth-order valence-electron chi connectivity index (χ4n) is 4.01. The first kappa shape index (κ1) is 20.8. The summed E-state index contributed by atoms with van der Waals surface area (Å²) in [7, 11) is 3.04. The molecule has 4 rings (SSSR count). The molecule has 0 saturated carbocycles. The Morgan fingerprint density at radius 3 is 2.61 bits per heavy atom. The molecule has 1 fully saturated rings. The number of pyridine rings is 1. The van der Waals surface area contributed by atoms with E-state index >= 15 is 0 Å². The Labute approximate surface area is 180 Å². The van der Waals surface area contributed by atoms with Crippen molar-refractivity contribution in [2.75, 3.05) is 37.5 Å². The Kier molecular flexibility index (Phi) is 5.85. The van der Waals surface area contributed by atoms with Gasteiger partial charge in [0.2, 0.25) is 0 Å². The third-order valence-corrected chi connectivity index (χ3v) is 5.28. The topological polar surface area (TPSA) is 102 Å². The lowest BCUT2D eigenvalue weighted by Crippen LogP contribution is -2.54. The predicted octanol–water partition coefficient (Wildman–Crippen LogP) is 2.48. The smallest absolute Gasteiger partial charge is 0.316 e. The van der Waals surface area contributed by atoms with E-state index in [0.717, 1.165) is 24.2 Å². The van der Waals surface area contributed by atoms with E-state index < -0.39 is 0 Å². The van der Waals surface area contributed by atoms with Gasteiger partial charge in [0.15, 0.2) is 5.75 Å². The second kappa shape index (κ2) is 8.73. The number of nitrogens with zero attached hydrogens (tertiary/aromatic N) is 4. The van der Waals surface area contributed by atoms with Gasteiger partial charge in [0, 0.05) is 48.6 Å². The normalized spacial score (nSPS) is 18.6. The minimum absolute atomic E-state index is 0.210. The van der Waals surface area contributed by atoms with E-state index in [-0.39, 0.29) is 11.9 Å². The van der Waals surface area contributed by atoms with Gasteiger partial charge < -0.3 is 25.0 Å². The number of carbonyl (C=O) groups excluding carboxylic acids is 1. The maximum atomic E-state index is 13.2. The Bertz CT molecular complexity index is 1100. The van der Waals surface area contributed by atoms with Crippen molar-refractivity contribution in [2.24, 2.45) is 0 Å². The highest BCUT2D eigenvalue weighted by atomic mass is 16.5. The Hall–Kier alpha value is -3.46. The molecule has 1 saturated heterocycles. The molecule has 2 N–H and O–H groups in total. The molecular weight excluding hydrogens is 396 g/mol. The first-order valence-electron chi connectivity index (χ1n) is 10.1. The van der Waals surface area contributed by atoms with Gasteiger partial charge in [0.25, 0.3) is 5.91 Å². The van der Waals surface area contributed by atoms with Crippen molar-refractivity contribution in [1.29, 1.82) is 0 Å². The van der Waals surface area contributed by atoms with Crippen LogP contribution in [0.25, 0.3) is 10.9 Å². The number of carbonyl (C=O) groups is 1. The number of nitrogens with one attached hydrogen (secondary N) is 2. The van der Waals surface area contributed by atoms with Crippen LogP contribution in [0.3, 0.4) is 0 Å². The summed E-state index contributed by atoms with van der Waals surface area (Å²) in [5.41, 5.74) is 2.49. The summed E-state index contributed by atoms with van der Waals surface area (Å²) in [5, 5.41) is 7.23. The first-order chi connectivity index (χ1) is 15.0. The zero-order valence-corrected chi connectivity index (χ0v) is 18.0. The SMILES string of the molecule is COc1ncc2c(N3CC(C)NC(C)C3)ccc(C(=O)Nc3ccncc3OC)c2n1. The van der Waals surface area contributed by atoms with Crippen LogP contribution >= 0.6 is 0 Å². The summed E-state index contributed by atoms with van der Waals surface area (Å²) in [5.74, 6) is 0.177. The van der Waals surface area contributed by atoms with Crippen LogP contribution in [0.15, 0.2) is 36.8 Å². The summed E-state index contributed by atoms with van der Waals surface area (Å²) in [6.45, 7) is 6.03. The Morgan fingerprint density at radius 1 is 1.13 bits per heavy atom. The van der Waals surface area contributed by atoms with Crippen LogP contribution in [0, 0.1) is 0 Å².